The van der Waals surface area contributed by atoms with E-state index in [9.17, 15) is 4.79 Å². The maximum absolute atomic E-state index is 11.5. The van der Waals surface area contributed by atoms with Crippen molar-refractivity contribution in [1.82, 2.24) is 0 Å². The summed E-state index contributed by atoms with van der Waals surface area (Å²) in [4.78, 5) is 17.7. The molecular weight excluding hydrogens is 303 g/mol. The Bertz CT molecular complexity index is 219. The molecule has 0 amide bonds. The van der Waals surface area contributed by atoms with Gasteiger partial charge in [0.2, 0.25) is 0 Å². The van der Waals surface area contributed by atoms with E-state index in [4.69, 9.17) is 3.07 Å². The molecule has 4 heteroatoms. The monoisotopic (exact) mass is 324 g/mol. The van der Waals surface area contributed by atoms with Crippen LogP contribution in [-0.2, 0) is 7.87 Å². The van der Waals surface area contributed by atoms with Crippen LogP contribution in [-0.4, -0.2) is 29.5 Å². The normalized spacial score (nSPS) is 15.8. The molecule has 0 saturated carbocycles. The SMILES string of the molecule is C=CCC(C)(S)CC(=O)[O][Sn]([CH3])([CH3])[CH3]. The number of allylic oxidation sites excluding steroid dienone is 1. The van der Waals surface area contributed by atoms with Gasteiger partial charge >= 0.3 is 97.2 Å². The predicted octanol–water partition coefficient (Wildman–Crippen LogP) is 3.02. The third-order valence-corrected chi connectivity index (χ3v) is 4.27. The summed E-state index contributed by atoms with van der Waals surface area (Å²) in [6.45, 7) is 5.57. The van der Waals surface area contributed by atoms with Crippen molar-refractivity contribution in [3.05, 3.63) is 12.7 Å². The molecule has 14 heavy (non-hydrogen) atoms. The molecule has 0 aromatic rings. The second-order valence-electron chi connectivity index (χ2n) is 4.75. The van der Waals surface area contributed by atoms with Crippen LogP contribution in [0.2, 0.25) is 14.8 Å². The van der Waals surface area contributed by atoms with Crippen LogP contribution in [0.4, 0.5) is 0 Å². The van der Waals surface area contributed by atoms with Gasteiger partial charge < -0.3 is 0 Å². The van der Waals surface area contributed by atoms with Crippen molar-refractivity contribution in [1.29, 1.82) is 0 Å². The number of hydrogen-bond donors (Lipinski definition) is 1. The Balaban J connectivity index is 4.12. The molecule has 0 spiro atoms. The topological polar surface area (TPSA) is 26.3 Å². The third kappa shape index (κ3) is 7.73. The molecule has 0 aromatic heterocycles. The Morgan fingerprint density at radius 1 is 1.57 bits per heavy atom. The number of carbonyl (C=O) groups is 1. The average molecular weight is 323 g/mol. The zero-order valence-electron chi connectivity index (χ0n) is 9.46. The summed E-state index contributed by atoms with van der Waals surface area (Å²) in [5, 5.41) is 0. The zero-order valence-corrected chi connectivity index (χ0v) is 13.2. The summed E-state index contributed by atoms with van der Waals surface area (Å²) >= 11 is 1.97. The van der Waals surface area contributed by atoms with Crippen molar-refractivity contribution in [2.75, 3.05) is 0 Å². The van der Waals surface area contributed by atoms with Crippen molar-refractivity contribution in [3.8, 4) is 0 Å². The molecule has 0 N–H and O–H groups in total. The maximum atomic E-state index is 11.5. The molecule has 0 aliphatic rings. The summed E-state index contributed by atoms with van der Waals surface area (Å²) in [6, 6.07) is 0. The van der Waals surface area contributed by atoms with Crippen LogP contribution in [0, 0.1) is 0 Å². The molecule has 82 valence electrons. The Kier molecular flexibility index (Phi) is 5.58. The van der Waals surface area contributed by atoms with Crippen molar-refractivity contribution < 1.29 is 7.87 Å². The van der Waals surface area contributed by atoms with E-state index < -0.39 is 18.8 Å². The first kappa shape index (κ1) is 14.4. The molecule has 0 saturated heterocycles. The van der Waals surface area contributed by atoms with Gasteiger partial charge in [0.1, 0.15) is 0 Å². The molecule has 0 aliphatic carbocycles. The van der Waals surface area contributed by atoms with Crippen LogP contribution >= 0.6 is 12.6 Å². The van der Waals surface area contributed by atoms with Crippen LogP contribution in [0.3, 0.4) is 0 Å². The van der Waals surface area contributed by atoms with Gasteiger partial charge in [-0.25, -0.2) is 0 Å². The van der Waals surface area contributed by atoms with Gasteiger partial charge in [-0.2, -0.15) is 0 Å². The van der Waals surface area contributed by atoms with E-state index in [0.29, 0.717) is 12.8 Å². The fourth-order valence-corrected chi connectivity index (χ4v) is 3.49. The standard InChI is InChI=1S/C7H12O2S.3CH3.Sn/c1-3-4-7(2,10)5-6(8)9;;;;/h3,10H,1,4-5H2,2H3,(H,8,9);3*1H3;/q;;;;+1/p-1. The van der Waals surface area contributed by atoms with Crippen molar-refractivity contribution >= 4 is 37.4 Å². The quantitative estimate of drug-likeness (QED) is 0.478. The minimum absolute atomic E-state index is 0.118. The first-order valence-electron chi connectivity index (χ1n) is 4.71. The number of rotatable bonds is 5. The molecular formula is C10H20O2SSn. The Morgan fingerprint density at radius 3 is 2.43 bits per heavy atom. The Hall–Kier alpha value is 0.359. The molecule has 0 radical (unpaired) electrons. The van der Waals surface area contributed by atoms with Crippen LogP contribution < -0.4 is 0 Å². The molecule has 0 aliphatic heterocycles. The van der Waals surface area contributed by atoms with Gasteiger partial charge in [0, 0.05) is 0 Å². The fourth-order valence-electron chi connectivity index (χ4n) is 1.07. The summed E-state index contributed by atoms with van der Waals surface area (Å²) in [5.74, 6) is -0.118. The van der Waals surface area contributed by atoms with Gasteiger partial charge in [-0.15, -0.1) is 0 Å². The predicted molar refractivity (Wildman–Crippen MR) is 66.3 cm³/mol. The van der Waals surface area contributed by atoms with E-state index in [1.165, 1.54) is 0 Å². The van der Waals surface area contributed by atoms with E-state index in [1.54, 1.807) is 6.08 Å². The molecule has 0 aromatic carbocycles. The summed E-state index contributed by atoms with van der Waals surface area (Å²) in [7, 11) is 0. The van der Waals surface area contributed by atoms with Crippen LogP contribution in [0.25, 0.3) is 0 Å². The summed E-state index contributed by atoms with van der Waals surface area (Å²) in [6.07, 6.45) is 2.85. The average Bonchev–Trinajstić information content (AvgIpc) is 1.78. The molecule has 1 unspecified atom stereocenters. The second kappa shape index (κ2) is 5.44. The number of carbonyl (C=O) groups excluding carboxylic acids is 1. The second-order valence-corrected chi connectivity index (χ2v) is 18.5. The number of thiol groups is 1. The zero-order chi connectivity index (χ0) is 11.4. The van der Waals surface area contributed by atoms with Gasteiger partial charge in [-0.05, 0) is 0 Å². The van der Waals surface area contributed by atoms with Crippen LogP contribution in [0.15, 0.2) is 12.7 Å². The van der Waals surface area contributed by atoms with E-state index >= 15 is 0 Å². The summed E-state index contributed by atoms with van der Waals surface area (Å²) in [5.41, 5.74) is 0. The molecule has 0 fully saturated rings. The van der Waals surface area contributed by atoms with Crippen molar-refractivity contribution in [3.63, 3.8) is 0 Å². The third-order valence-electron chi connectivity index (χ3n) is 1.53. The summed E-state index contributed by atoms with van der Waals surface area (Å²) < 4.78 is 5.08. The van der Waals surface area contributed by atoms with Crippen LogP contribution in [0.1, 0.15) is 19.8 Å². The van der Waals surface area contributed by atoms with Crippen molar-refractivity contribution in [2.24, 2.45) is 0 Å². The van der Waals surface area contributed by atoms with E-state index in [1.807, 2.05) is 6.92 Å². The Labute approximate surface area is 96.9 Å². The first-order chi connectivity index (χ1) is 6.16. The Morgan fingerprint density at radius 2 is 2.07 bits per heavy atom. The van der Waals surface area contributed by atoms with Gasteiger partial charge in [0.25, 0.3) is 0 Å². The van der Waals surface area contributed by atoms with E-state index in [2.05, 4.69) is 34.0 Å². The number of hydrogen-bond acceptors (Lipinski definition) is 3. The molecule has 0 heterocycles. The molecule has 0 rings (SSSR count). The fraction of sp³-hybridized carbons (Fsp3) is 0.700. The van der Waals surface area contributed by atoms with E-state index in [0.717, 1.165) is 0 Å². The molecule has 1 atom stereocenters. The van der Waals surface area contributed by atoms with Gasteiger partial charge in [0.05, 0.1) is 0 Å². The minimum atomic E-state index is -2.43. The van der Waals surface area contributed by atoms with E-state index in [-0.39, 0.29) is 10.7 Å². The van der Waals surface area contributed by atoms with Gasteiger partial charge in [-0.1, -0.05) is 0 Å². The first-order valence-corrected chi connectivity index (χ1v) is 14.9. The van der Waals surface area contributed by atoms with Gasteiger partial charge in [-0.3, -0.25) is 0 Å². The molecule has 0 bridgehead atoms. The molecule has 2 nitrogen and oxygen atoms in total. The van der Waals surface area contributed by atoms with Crippen LogP contribution in [0.5, 0.6) is 0 Å². The van der Waals surface area contributed by atoms with Gasteiger partial charge in [0.15, 0.2) is 0 Å². The van der Waals surface area contributed by atoms with Crippen molar-refractivity contribution in [2.45, 2.75) is 39.3 Å².